The third kappa shape index (κ3) is 6.61. The molecule has 3 nitrogen and oxygen atoms in total. The predicted molar refractivity (Wildman–Crippen MR) is 92.4 cm³/mol. The lowest BCUT2D eigenvalue weighted by molar-refractivity contribution is 0.577. The lowest BCUT2D eigenvalue weighted by Crippen LogP contribution is -2.24. The minimum Gasteiger partial charge on any atom is -0.211 e. The third-order valence-corrected chi connectivity index (χ3v) is 5.04. The van der Waals surface area contributed by atoms with Crippen LogP contribution in [0.25, 0.3) is 0 Å². The van der Waals surface area contributed by atoms with Crippen molar-refractivity contribution in [1.29, 1.82) is 0 Å². The van der Waals surface area contributed by atoms with E-state index in [0.29, 0.717) is 11.4 Å². The summed E-state index contributed by atoms with van der Waals surface area (Å²) in [7, 11) is -3.37. The SMILES string of the molecule is CCC(=C=CCCCCNS(=O)(=O)c1ccc(C)cc1)CC. The maximum absolute atomic E-state index is 12.1. The van der Waals surface area contributed by atoms with Gasteiger partial charge in [0.1, 0.15) is 0 Å². The molecule has 0 spiro atoms. The highest BCUT2D eigenvalue weighted by Gasteiger charge is 2.12. The van der Waals surface area contributed by atoms with E-state index in [1.807, 2.05) is 19.1 Å². The number of hydrogen-bond donors (Lipinski definition) is 1. The van der Waals surface area contributed by atoms with Crippen molar-refractivity contribution in [1.82, 2.24) is 4.72 Å². The Morgan fingerprint density at radius 3 is 2.36 bits per heavy atom. The van der Waals surface area contributed by atoms with Crippen LogP contribution in [-0.2, 0) is 10.0 Å². The minimum absolute atomic E-state index is 0.330. The van der Waals surface area contributed by atoms with E-state index in [-0.39, 0.29) is 0 Å². The summed E-state index contributed by atoms with van der Waals surface area (Å²) in [6.45, 7) is 6.69. The van der Waals surface area contributed by atoms with Crippen molar-refractivity contribution in [2.24, 2.45) is 0 Å². The maximum atomic E-state index is 12.1. The quantitative estimate of drug-likeness (QED) is 0.543. The van der Waals surface area contributed by atoms with Crippen molar-refractivity contribution in [3.8, 4) is 0 Å². The van der Waals surface area contributed by atoms with Gasteiger partial charge in [-0.25, -0.2) is 13.1 Å². The first kappa shape index (κ1) is 18.7. The second kappa shape index (κ2) is 9.62. The standard InChI is InChI=1S/C18H27NO2S/c1-4-17(5-2)10-8-6-7-9-15-19-22(20,21)18-13-11-16(3)12-14-18/h8,11-14,19H,4-7,9,15H2,1-3H3. The summed E-state index contributed by atoms with van der Waals surface area (Å²) in [4.78, 5) is 0.330. The van der Waals surface area contributed by atoms with Gasteiger partial charge in [0.2, 0.25) is 10.0 Å². The van der Waals surface area contributed by atoms with Gasteiger partial charge < -0.3 is 0 Å². The molecule has 0 radical (unpaired) electrons. The molecular formula is C18H27NO2S. The molecule has 0 aliphatic heterocycles. The molecule has 0 heterocycles. The van der Waals surface area contributed by atoms with E-state index in [2.05, 4.69) is 30.4 Å². The molecule has 0 fully saturated rings. The van der Waals surface area contributed by atoms with Gasteiger partial charge >= 0.3 is 0 Å². The Balaban J connectivity index is 2.35. The topological polar surface area (TPSA) is 46.2 Å². The Labute approximate surface area is 135 Å². The summed E-state index contributed by atoms with van der Waals surface area (Å²) in [6, 6.07) is 6.90. The van der Waals surface area contributed by atoms with E-state index < -0.39 is 10.0 Å². The molecule has 1 aromatic carbocycles. The molecule has 1 rings (SSSR count). The zero-order valence-electron chi connectivity index (χ0n) is 13.9. The van der Waals surface area contributed by atoms with Crippen LogP contribution < -0.4 is 4.72 Å². The fourth-order valence-corrected chi connectivity index (χ4v) is 3.12. The van der Waals surface area contributed by atoms with E-state index >= 15 is 0 Å². The van der Waals surface area contributed by atoms with Crippen molar-refractivity contribution in [2.45, 2.75) is 57.8 Å². The van der Waals surface area contributed by atoms with Gasteiger partial charge in [0.25, 0.3) is 0 Å². The molecule has 0 aromatic heterocycles. The second-order valence-electron chi connectivity index (χ2n) is 5.37. The van der Waals surface area contributed by atoms with E-state index in [0.717, 1.165) is 37.7 Å². The Kier molecular flexibility index (Phi) is 8.18. The molecule has 22 heavy (non-hydrogen) atoms. The molecule has 1 N–H and O–H groups in total. The molecule has 4 heteroatoms. The smallest absolute Gasteiger partial charge is 0.211 e. The normalized spacial score (nSPS) is 11.0. The van der Waals surface area contributed by atoms with Gasteiger partial charge in [0.05, 0.1) is 4.90 Å². The first-order valence-electron chi connectivity index (χ1n) is 7.98. The molecule has 0 bridgehead atoms. The molecule has 0 aliphatic rings. The molecule has 0 aliphatic carbocycles. The molecule has 0 unspecified atom stereocenters. The van der Waals surface area contributed by atoms with Gasteiger partial charge in [-0.05, 0) is 62.8 Å². The zero-order chi connectivity index (χ0) is 16.4. The van der Waals surface area contributed by atoms with E-state index in [1.165, 1.54) is 5.57 Å². The highest BCUT2D eigenvalue weighted by molar-refractivity contribution is 7.89. The Morgan fingerprint density at radius 2 is 1.77 bits per heavy atom. The largest absolute Gasteiger partial charge is 0.240 e. The van der Waals surface area contributed by atoms with Crippen molar-refractivity contribution < 1.29 is 8.42 Å². The number of rotatable bonds is 9. The fourth-order valence-electron chi connectivity index (χ4n) is 2.05. The minimum atomic E-state index is -3.37. The van der Waals surface area contributed by atoms with Gasteiger partial charge in [-0.1, -0.05) is 31.5 Å². The molecule has 0 saturated heterocycles. The van der Waals surface area contributed by atoms with Crippen LogP contribution >= 0.6 is 0 Å². The third-order valence-electron chi connectivity index (χ3n) is 3.56. The van der Waals surface area contributed by atoms with E-state index in [9.17, 15) is 8.42 Å². The number of hydrogen-bond acceptors (Lipinski definition) is 2. The lowest BCUT2D eigenvalue weighted by atomic mass is 10.1. The summed E-state index contributed by atoms with van der Waals surface area (Å²) < 4.78 is 26.8. The molecule has 0 atom stereocenters. The number of unbranched alkanes of at least 4 members (excludes halogenated alkanes) is 2. The van der Waals surface area contributed by atoms with Crippen LogP contribution in [0.2, 0.25) is 0 Å². The number of sulfonamides is 1. The van der Waals surface area contributed by atoms with E-state index in [1.54, 1.807) is 12.1 Å². The Morgan fingerprint density at radius 1 is 1.14 bits per heavy atom. The fraction of sp³-hybridized carbons (Fsp3) is 0.500. The van der Waals surface area contributed by atoms with Gasteiger partial charge in [-0.15, -0.1) is 5.73 Å². The zero-order valence-corrected chi connectivity index (χ0v) is 14.7. The summed E-state index contributed by atoms with van der Waals surface area (Å²) >= 11 is 0. The van der Waals surface area contributed by atoms with Crippen molar-refractivity contribution in [2.75, 3.05) is 6.54 Å². The van der Waals surface area contributed by atoms with Crippen molar-refractivity contribution >= 4 is 10.0 Å². The van der Waals surface area contributed by atoms with Crippen molar-refractivity contribution in [3.05, 3.63) is 47.2 Å². The number of nitrogens with one attached hydrogen (secondary N) is 1. The van der Waals surface area contributed by atoms with Crippen LogP contribution in [0.15, 0.2) is 46.5 Å². The Hall–Kier alpha value is -1.35. The molecular weight excluding hydrogens is 294 g/mol. The highest BCUT2D eigenvalue weighted by atomic mass is 32.2. The van der Waals surface area contributed by atoms with Crippen LogP contribution in [0, 0.1) is 6.92 Å². The second-order valence-corrected chi connectivity index (χ2v) is 7.13. The average molecular weight is 321 g/mol. The summed E-state index contributed by atoms with van der Waals surface area (Å²) in [5.41, 5.74) is 5.70. The number of aryl methyl sites for hydroxylation is 1. The molecule has 0 amide bonds. The first-order chi connectivity index (χ1) is 10.5. The maximum Gasteiger partial charge on any atom is 0.240 e. The van der Waals surface area contributed by atoms with Gasteiger partial charge in [-0.3, -0.25) is 0 Å². The predicted octanol–water partition coefficient (Wildman–Crippen LogP) is 4.35. The number of benzene rings is 1. The van der Waals surface area contributed by atoms with Crippen LogP contribution in [0.1, 0.15) is 51.5 Å². The molecule has 122 valence electrons. The summed E-state index contributed by atoms with van der Waals surface area (Å²) in [5.74, 6) is 0. The number of allylic oxidation sites excluding steroid dienone is 1. The van der Waals surface area contributed by atoms with E-state index in [4.69, 9.17) is 0 Å². The molecule has 0 saturated carbocycles. The average Bonchev–Trinajstić information content (AvgIpc) is 2.50. The monoisotopic (exact) mass is 321 g/mol. The highest BCUT2D eigenvalue weighted by Crippen LogP contribution is 2.10. The van der Waals surface area contributed by atoms with Gasteiger partial charge in [0, 0.05) is 6.54 Å². The summed E-state index contributed by atoms with van der Waals surface area (Å²) in [6.07, 6.45) is 6.89. The van der Waals surface area contributed by atoms with Crippen molar-refractivity contribution in [3.63, 3.8) is 0 Å². The van der Waals surface area contributed by atoms with Crippen LogP contribution in [0.4, 0.5) is 0 Å². The van der Waals surface area contributed by atoms with Crippen LogP contribution in [0.3, 0.4) is 0 Å². The summed E-state index contributed by atoms with van der Waals surface area (Å²) in [5, 5.41) is 0. The lowest BCUT2D eigenvalue weighted by Gasteiger charge is -2.06. The van der Waals surface area contributed by atoms with Gasteiger partial charge in [-0.2, -0.15) is 0 Å². The van der Waals surface area contributed by atoms with Crippen LogP contribution in [0.5, 0.6) is 0 Å². The Bertz CT molecular complexity index is 603. The first-order valence-corrected chi connectivity index (χ1v) is 9.47. The molecule has 1 aromatic rings. The van der Waals surface area contributed by atoms with Crippen LogP contribution in [-0.4, -0.2) is 15.0 Å². The van der Waals surface area contributed by atoms with Gasteiger partial charge in [0.15, 0.2) is 0 Å².